The fourth-order valence-electron chi connectivity index (χ4n) is 0.988. The first-order valence-electron chi connectivity index (χ1n) is 3.65. The largest absolute Gasteiger partial charge is 0.496 e. The number of rotatable bonds is 3. The number of aromatic carboxylic acids is 1. The van der Waals surface area contributed by atoms with Crippen LogP contribution in [0.1, 0.15) is 15.9 Å². The van der Waals surface area contributed by atoms with Crippen molar-refractivity contribution in [2.24, 2.45) is 0 Å². The monoisotopic (exact) mass is 244 g/mol. The van der Waals surface area contributed by atoms with Crippen LogP contribution in [-0.4, -0.2) is 18.2 Å². The molecule has 4 heteroatoms. The fourth-order valence-corrected chi connectivity index (χ4v) is 1.45. The molecule has 13 heavy (non-hydrogen) atoms. The number of hydrogen-bond acceptors (Lipinski definition) is 2. The Morgan fingerprint density at radius 2 is 2.31 bits per heavy atom. The zero-order valence-corrected chi connectivity index (χ0v) is 8.67. The maximum atomic E-state index is 10.6. The van der Waals surface area contributed by atoms with Gasteiger partial charge >= 0.3 is 5.97 Å². The van der Waals surface area contributed by atoms with E-state index in [0.29, 0.717) is 11.1 Å². The van der Waals surface area contributed by atoms with Crippen molar-refractivity contribution >= 4 is 21.9 Å². The second-order valence-electron chi connectivity index (χ2n) is 2.47. The summed E-state index contributed by atoms with van der Waals surface area (Å²) in [5.74, 6) is -0.351. The predicted octanol–water partition coefficient (Wildman–Crippen LogP) is 2.29. The predicted molar refractivity (Wildman–Crippen MR) is 52.6 cm³/mol. The highest BCUT2D eigenvalue weighted by Crippen LogP contribution is 2.22. The van der Waals surface area contributed by atoms with Crippen LogP contribution in [0.2, 0.25) is 0 Å². The number of halogens is 1. The molecule has 0 heterocycles. The lowest BCUT2D eigenvalue weighted by atomic mass is 10.1. The van der Waals surface area contributed by atoms with E-state index in [1.165, 1.54) is 13.2 Å². The van der Waals surface area contributed by atoms with Gasteiger partial charge in [0, 0.05) is 10.9 Å². The van der Waals surface area contributed by atoms with Crippen LogP contribution in [0.25, 0.3) is 0 Å². The molecule has 0 unspecified atom stereocenters. The molecule has 1 aromatic rings. The van der Waals surface area contributed by atoms with Gasteiger partial charge < -0.3 is 9.84 Å². The van der Waals surface area contributed by atoms with Crippen LogP contribution < -0.4 is 4.74 Å². The first kappa shape index (κ1) is 10.1. The number of carboxylic acids is 1. The highest BCUT2D eigenvalue weighted by molar-refractivity contribution is 9.08. The summed E-state index contributed by atoms with van der Waals surface area (Å²) in [7, 11) is 1.52. The van der Waals surface area contributed by atoms with E-state index in [9.17, 15) is 4.79 Å². The molecule has 0 fully saturated rings. The molecule has 0 saturated carbocycles. The Labute approximate surface area is 84.5 Å². The van der Waals surface area contributed by atoms with Crippen LogP contribution >= 0.6 is 15.9 Å². The molecule has 1 rings (SSSR count). The average molecular weight is 245 g/mol. The zero-order chi connectivity index (χ0) is 9.84. The van der Waals surface area contributed by atoms with Gasteiger partial charge in [-0.05, 0) is 12.1 Å². The quantitative estimate of drug-likeness (QED) is 0.831. The maximum absolute atomic E-state index is 10.6. The van der Waals surface area contributed by atoms with Crippen LogP contribution in [0, 0.1) is 0 Å². The molecule has 0 aliphatic carbocycles. The molecule has 0 radical (unpaired) electrons. The third kappa shape index (κ3) is 2.21. The smallest absolute Gasteiger partial charge is 0.335 e. The second-order valence-corrected chi connectivity index (χ2v) is 3.03. The second kappa shape index (κ2) is 4.28. The van der Waals surface area contributed by atoms with Crippen molar-refractivity contribution in [1.29, 1.82) is 0 Å². The van der Waals surface area contributed by atoms with E-state index < -0.39 is 5.97 Å². The summed E-state index contributed by atoms with van der Waals surface area (Å²) in [4.78, 5) is 10.6. The van der Waals surface area contributed by atoms with E-state index >= 15 is 0 Å². The summed E-state index contributed by atoms with van der Waals surface area (Å²) in [6.07, 6.45) is 0. The Morgan fingerprint density at radius 1 is 1.62 bits per heavy atom. The summed E-state index contributed by atoms with van der Waals surface area (Å²) in [5.41, 5.74) is 1.18. The number of carbonyl (C=O) groups is 1. The van der Waals surface area contributed by atoms with Crippen molar-refractivity contribution in [3.8, 4) is 5.75 Å². The molecule has 0 aliphatic rings. The lowest BCUT2D eigenvalue weighted by Gasteiger charge is -2.06. The van der Waals surface area contributed by atoms with Crippen molar-refractivity contribution in [3.63, 3.8) is 0 Å². The van der Waals surface area contributed by atoms with Gasteiger partial charge in [-0.25, -0.2) is 4.79 Å². The van der Waals surface area contributed by atoms with Gasteiger partial charge in [-0.2, -0.15) is 0 Å². The molecule has 1 aromatic carbocycles. The van der Waals surface area contributed by atoms with Gasteiger partial charge in [-0.15, -0.1) is 0 Å². The van der Waals surface area contributed by atoms with E-state index in [1.54, 1.807) is 12.1 Å². The van der Waals surface area contributed by atoms with Gasteiger partial charge in [-0.1, -0.05) is 22.0 Å². The molecule has 0 spiro atoms. The molecule has 0 bridgehead atoms. The van der Waals surface area contributed by atoms with Crippen molar-refractivity contribution < 1.29 is 14.6 Å². The van der Waals surface area contributed by atoms with Gasteiger partial charge in [0.25, 0.3) is 0 Å². The molecular formula is C9H9BrO3. The number of alkyl halides is 1. The number of hydrogen-bond donors (Lipinski definition) is 1. The third-order valence-electron chi connectivity index (χ3n) is 1.68. The highest BCUT2D eigenvalue weighted by Gasteiger charge is 2.07. The fraction of sp³-hybridized carbons (Fsp3) is 0.222. The number of carboxylic acid groups (broad SMARTS) is 1. The lowest BCUT2D eigenvalue weighted by molar-refractivity contribution is 0.0696. The zero-order valence-electron chi connectivity index (χ0n) is 7.08. The summed E-state index contributed by atoms with van der Waals surface area (Å²) in [6, 6.07) is 4.80. The molecule has 0 aliphatic heterocycles. The maximum Gasteiger partial charge on any atom is 0.335 e. The van der Waals surface area contributed by atoms with Crippen molar-refractivity contribution in [2.75, 3.05) is 7.11 Å². The van der Waals surface area contributed by atoms with Gasteiger partial charge in [-0.3, -0.25) is 0 Å². The van der Waals surface area contributed by atoms with Crippen molar-refractivity contribution in [3.05, 3.63) is 29.3 Å². The lowest BCUT2D eigenvalue weighted by Crippen LogP contribution is -1.98. The van der Waals surface area contributed by atoms with E-state index in [4.69, 9.17) is 9.84 Å². The SMILES string of the molecule is COc1cc(C(=O)O)ccc1CBr. The molecule has 3 nitrogen and oxygen atoms in total. The van der Waals surface area contributed by atoms with Crippen LogP contribution in [0.5, 0.6) is 5.75 Å². The summed E-state index contributed by atoms with van der Waals surface area (Å²) in [6.45, 7) is 0. The van der Waals surface area contributed by atoms with Crippen molar-refractivity contribution in [2.45, 2.75) is 5.33 Å². The number of methoxy groups -OCH3 is 1. The Morgan fingerprint density at radius 3 is 2.77 bits per heavy atom. The van der Waals surface area contributed by atoms with Gasteiger partial charge in [0.05, 0.1) is 12.7 Å². The molecule has 1 N–H and O–H groups in total. The minimum atomic E-state index is -0.945. The molecule has 0 atom stereocenters. The Balaban J connectivity index is 3.13. The van der Waals surface area contributed by atoms with E-state index in [2.05, 4.69) is 15.9 Å². The highest BCUT2D eigenvalue weighted by atomic mass is 79.9. The summed E-state index contributed by atoms with van der Waals surface area (Å²) in [5, 5.41) is 9.35. The van der Waals surface area contributed by atoms with Gasteiger partial charge in [0.2, 0.25) is 0 Å². The van der Waals surface area contributed by atoms with Gasteiger partial charge in [0.15, 0.2) is 0 Å². The first-order valence-corrected chi connectivity index (χ1v) is 4.77. The average Bonchev–Trinajstić information content (AvgIpc) is 2.16. The Bertz CT molecular complexity index is 323. The summed E-state index contributed by atoms with van der Waals surface area (Å²) < 4.78 is 5.03. The van der Waals surface area contributed by atoms with Crippen molar-refractivity contribution in [1.82, 2.24) is 0 Å². The van der Waals surface area contributed by atoms with Crippen LogP contribution in [0.3, 0.4) is 0 Å². The Kier molecular flexibility index (Phi) is 3.31. The first-order chi connectivity index (χ1) is 6.19. The molecule has 0 aromatic heterocycles. The van der Waals surface area contributed by atoms with E-state index in [0.717, 1.165) is 5.56 Å². The number of benzene rings is 1. The third-order valence-corrected chi connectivity index (χ3v) is 2.28. The molecule has 70 valence electrons. The minimum absolute atomic E-state index is 0.238. The summed E-state index contributed by atoms with van der Waals surface area (Å²) >= 11 is 3.28. The Hall–Kier alpha value is -1.03. The minimum Gasteiger partial charge on any atom is -0.496 e. The van der Waals surface area contributed by atoms with E-state index in [1.807, 2.05) is 0 Å². The standard InChI is InChI=1S/C9H9BrO3/c1-13-8-4-6(9(11)12)2-3-7(8)5-10/h2-4H,5H2,1H3,(H,11,12). The van der Waals surface area contributed by atoms with Crippen LogP contribution in [-0.2, 0) is 5.33 Å². The van der Waals surface area contributed by atoms with E-state index in [-0.39, 0.29) is 5.56 Å². The molecule has 0 saturated heterocycles. The molecular weight excluding hydrogens is 236 g/mol. The van der Waals surface area contributed by atoms with Crippen LogP contribution in [0.15, 0.2) is 18.2 Å². The van der Waals surface area contributed by atoms with Crippen LogP contribution in [0.4, 0.5) is 0 Å². The topological polar surface area (TPSA) is 46.5 Å². The molecule has 0 amide bonds. The van der Waals surface area contributed by atoms with Gasteiger partial charge in [0.1, 0.15) is 5.75 Å². The number of ether oxygens (including phenoxy) is 1. The normalized spacial score (nSPS) is 9.69.